The molecule has 1 amide bonds. The third-order valence-corrected chi connectivity index (χ3v) is 2.85. The van der Waals surface area contributed by atoms with Gasteiger partial charge in [0.2, 0.25) is 11.5 Å². The lowest BCUT2D eigenvalue weighted by atomic mass is 10.3. The van der Waals surface area contributed by atoms with Crippen LogP contribution in [-0.4, -0.2) is 37.8 Å². The lowest BCUT2D eigenvalue weighted by molar-refractivity contribution is -0.142. The summed E-state index contributed by atoms with van der Waals surface area (Å²) < 4.78 is 9.59. The van der Waals surface area contributed by atoms with Crippen molar-refractivity contribution in [3.05, 3.63) is 24.3 Å². The maximum atomic E-state index is 11.4. The molecule has 0 unspecified atom stereocenters. The van der Waals surface area contributed by atoms with Crippen molar-refractivity contribution in [3.63, 3.8) is 0 Å². The summed E-state index contributed by atoms with van der Waals surface area (Å²) >= 11 is 1.01. The Balaban J connectivity index is 2.45. The van der Waals surface area contributed by atoms with E-state index in [9.17, 15) is 14.4 Å². The van der Waals surface area contributed by atoms with E-state index in [1.165, 1.54) is 7.11 Å². The third-order valence-electron chi connectivity index (χ3n) is 1.97. The molecule has 19 heavy (non-hydrogen) atoms. The quantitative estimate of drug-likeness (QED) is 0.448. The van der Waals surface area contributed by atoms with Crippen molar-refractivity contribution >= 4 is 29.3 Å². The molecule has 0 heterocycles. The molecule has 1 rings (SSSR count). The van der Waals surface area contributed by atoms with Gasteiger partial charge in [-0.2, -0.15) is 0 Å². The molecule has 0 saturated carbocycles. The van der Waals surface area contributed by atoms with E-state index >= 15 is 0 Å². The normalized spacial score (nSPS) is 9.53. The number of carbonyl (C=O) groups is 3. The SMILES string of the molecule is COC(=O)COc1ccc(SC(=O)CNC=O)cc1. The highest BCUT2D eigenvalue weighted by Gasteiger charge is 2.05. The number of rotatable bonds is 7. The van der Waals surface area contributed by atoms with Crippen LogP contribution < -0.4 is 10.1 Å². The number of methoxy groups -OCH3 is 1. The minimum absolute atomic E-state index is 0.0191. The van der Waals surface area contributed by atoms with E-state index < -0.39 is 5.97 Å². The van der Waals surface area contributed by atoms with Crippen LogP contribution in [0.25, 0.3) is 0 Å². The number of esters is 1. The number of thioether (sulfide) groups is 1. The average Bonchev–Trinajstić information content (AvgIpc) is 2.44. The Kier molecular flexibility index (Phi) is 6.45. The first-order chi connectivity index (χ1) is 9.15. The molecule has 0 radical (unpaired) electrons. The van der Waals surface area contributed by atoms with Gasteiger partial charge in [0.1, 0.15) is 5.75 Å². The van der Waals surface area contributed by atoms with Gasteiger partial charge in [0.05, 0.1) is 13.7 Å². The van der Waals surface area contributed by atoms with Crippen molar-refractivity contribution in [2.75, 3.05) is 20.3 Å². The molecular weight excluding hydrogens is 270 g/mol. The van der Waals surface area contributed by atoms with Crippen LogP contribution >= 0.6 is 11.8 Å². The molecule has 7 heteroatoms. The smallest absolute Gasteiger partial charge is 0.343 e. The van der Waals surface area contributed by atoms with Crippen LogP contribution in [0.3, 0.4) is 0 Å². The van der Waals surface area contributed by atoms with Crippen LogP contribution in [0, 0.1) is 0 Å². The molecule has 0 aliphatic heterocycles. The van der Waals surface area contributed by atoms with E-state index in [0.717, 1.165) is 16.7 Å². The number of ether oxygens (including phenoxy) is 2. The first-order valence-corrected chi connectivity index (χ1v) is 6.14. The number of amides is 1. The molecular formula is C12H13NO5S. The number of carbonyl (C=O) groups excluding carboxylic acids is 3. The van der Waals surface area contributed by atoms with Crippen molar-refractivity contribution in [1.29, 1.82) is 0 Å². The van der Waals surface area contributed by atoms with E-state index in [1.807, 2.05) is 0 Å². The summed E-state index contributed by atoms with van der Waals surface area (Å²) in [7, 11) is 1.28. The summed E-state index contributed by atoms with van der Waals surface area (Å²) in [6.45, 7) is -0.181. The molecule has 0 aliphatic carbocycles. The van der Waals surface area contributed by atoms with Gasteiger partial charge in [-0.05, 0) is 24.3 Å². The Bertz CT molecular complexity index is 446. The molecule has 1 aromatic rings. The average molecular weight is 283 g/mol. The summed E-state index contributed by atoms with van der Waals surface area (Å²) in [5.74, 6) is 0.0433. The van der Waals surface area contributed by atoms with E-state index in [0.29, 0.717) is 12.2 Å². The van der Waals surface area contributed by atoms with Crippen molar-refractivity contribution in [2.24, 2.45) is 0 Å². The first-order valence-electron chi connectivity index (χ1n) is 5.33. The molecule has 1 aromatic carbocycles. The minimum Gasteiger partial charge on any atom is -0.482 e. The molecule has 0 bridgehead atoms. The van der Waals surface area contributed by atoms with Crippen molar-refractivity contribution in [2.45, 2.75) is 4.90 Å². The predicted octanol–water partition coefficient (Wildman–Crippen LogP) is 0.603. The zero-order chi connectivity index (χ0) is 14.1. The largest absolute Gasteiger partial charge is 0.482 e. The van der Waals surface area contributed by atoms with Crippen LogP contribution in [0.5, 0.6) is 5.75 Å². The third kappa shape index (κ3) is 5.91. The second kappa shape index (κ2) is 8.15. The van der Waals surface area contributed by atoms with Crippen molar-refractivity contribution in [3.8, 4) is 5.75 Å². The molecule has 0 fully saturated rings. The zero-order valence-electron chi connectivity index (χ0n) is 10.3. The molecule has 1 N–H and O–H groups in total. The van der Waals surface area contributed by atoms with Crippen LogP contribution in [0.4, 0.5) is 0 Å². The second-order valence-electron chi connectivity index (χ2n) is 3.31. The second-order valence-corrected chi connectivity index (χ2v) is 4.44. The van der Waals surface area contributed by atoms with E-state index in [-0.39, 0.29) is 18.3 Å². The summed E-state index contributed by atoms with van der Waals surface area (Å²) in [6, 6.07) is 6.67. The number of benzene rings is 1. The summed E-state index contributed by atoms with van der Waals surface area (Å²) in [6.07, 6.45) is 0.474. The van der Waals surface area contributed by atoms with Gasteiger partial charge in [0, 0.05) is 4.90 Å². The Hall–Kier alpha value is -2.02. The highest BCUT2D eigenvalue weighted by Crippen LogP contribution is 2.21. The van der Waals surface area contributed by atoms with E-state index in [2.05, 4.69) is 10.1 Å². The molecule has 102 valence electrons. The Morgan fingerprint density at radius 1 is 1.32 bits per heavy atom. The molecule has 6 nitrogen and oxygen atoms in total. The van der Waals surface area contributed by atoms with Gasteiger partial charge in [-0.25, -0.2) is 4.79 Å². The maximum absolute atomic E-state index is 11.4. The number of nitrogens with one attached hydrogen (secondary N) is 1. The molecule has 0 aromatic heterocycles. The van der Waals surface area contributed by atoms with Gasteiger partial charge >= 0.3 is 5.97 Å². The molecule has 0 spiro atoms. The van der Waals surface area contributed by atoms with Gasteiger partial charge in [0.15, 0.2) is 6.61 Å². The zero-order valence-corrected chi connectivity index (χ0v) is 11.1. The van der Waals surface area contributed by atoms with Crippen molar-refractivity contribution in [1.82, 2.24) is 5.32 Å². The lowest BCUT2D eigenvalue weighted by Crippen LogP contribution is -2.18. The fourth-order valence-electron chi connectivity index (χ4n) is 1.10. The fraction of sp³-hybridized carbons (Fsp3) is 0.250. The topological polar surface area (TPSA) is 81.7 Å². The van der Waals surface area contributed by atoms with Gasteiger partial charge in [0.25, 0.3) is 0 Å². The standard InChI is InChI=1S/C12H13NO5S/c1-17-11(15)7-18-9-2-4-10(5-3-9)19-12(16)6-13-8-14/h2-5,8H,6-7H2,1H3,(H,13,14). The molecule has 0 aliphatic rings. The predicted molar refractivity (Wildman–Crippen MR) is 68.9 cm³/mol. The van der Waals surface area contributed by atoms with Gasteiger partial charge in [-0.3, -0.25) is 9.59 Å². The fourth-order valence-corrected chi connectivity index (χ4v) is 1.79. The van der Waals surface area contributed by atoms with Gasteiger partial charge in [-0.1, -0.05) is 11.8 Å². The summed E-state index contributed by atoms with van der Waals surface area (Å²) in [5, 5.41) is 2.12. The lowest BCUT2D eigenvalue weighted by Gasteiger charge is -2.05. The van der Waals surface area contributed by atoms with Crippen LogP contribution in [0.1, 0.15) is 0 Å². The van der Waals surface area contributed by atoms with E-state index in [1.54, 1.807) is 24.3 Å². The highest BCUT2D eigenvalue weighted by atomic mass is 32.2. The maximum Gasteiger partial charge on any atom is 0.343 e. The van der Waals surface area contributed by atoms with Crippen LogP contribution in [0.2, 0.25) is 0 Å². The molecule has 0 atom stereocenters. The Morgan fingerprint density at radius 2 is 2.00 bits per heavy atom. The van der Waals surface area contributed by atoms with Gasteiger partial charge < -0.3 is 14.8 Å². The van der Waals surface area contributed by atoms with Gasteiger partial charge in [-0.15, -0.1) is 0 Å². The monoisotopic (exact) mass is 283 g/mol. The van der Waals surface area contributed by atoms with E-state index in [4.69, 9.17) is 4.74 Å². The summed E-state index contributed by atoms with van der Waals surface area (Å²) in [4.78, 5) is 33.0. The Labute approximate surface area is 114 Å². The Morgan fingerprint density at radius 3 is 2.58 bits per heavy atom. The highest BCUT2D eigenvalue weighted by molar-refractivity contribution is 8.13. The van der Waals surface area contributed by atoms with Crippen molar-refractivity contribution < 1.29 is 23.9 Å². The van der Waals surface area contributed by atoms with Crippen LogP contribution in [0.15, 0.2) is 29.2 Å². The number of hydrogen-bond acceptors (Lipinski definition) is 6. The molecule has 0 saturated heterocycles. The summed E-state index contributed by atoms with van der Waals surface area (Å²) in [5.41, 5.74) is 0. The minimum atomic E-state index is -0.464. The van der Waals surface area contributed by atoms with Crippen LogP contribution in [-0.2, 0) is 19.1 Å². The number of hydrogen-bond donors (Lipinski definition) is 1. The first kappa shape index (κ1) is 15.0.